The Bertz CT molecular complexity index is 666. The normalized spacial score (nSPS) is 11.1. The van der Waals surface area contributed by atoms with Crippen LogP contribution >= 0.6 is 0 Å². The molecule has 2 rings (SSSR count). The summed E-state index contributed by atoms with van der Waals surface area (Å²) in [5, 5.41) is 13.4. The fourth-order valence-corrected chi connectivity index (χ4v) is 1.96. The van der Waals surface area contributed by atoms with Gasteiger partial charge in [0, 0.05) is 24.4 Å². The summed E-state index contributed by atoms with van der Waals surface area (Å²) in [7, 11) is 0. The molecular formula is C15H16F2N2O2. The molecule has 0 saturated heterocycles. The van der Waals surface area contributed by atoms with Crippen molar-refractivity contribution in [3.05, 3.63) is 41.6 Å². The van der Waals surface area contributed by atoms with Crippen LogP contribution in [-0.4, -0.2) is 20.9 Å². The molecule has 0 aliphatic carbocycles. The number of carbonyl (C=O) groups is 1. The molecule has 0 aliphatic heterocycles. The van der Waals surface area contributed by atoms with Crippen molar-refractivity contribution < 1.29 is 18.7 Å². The van der Waals surface area contributed by atoms with Crippen LogP contribution in [0.2, 0.25) is 0 Å². The molecule has 0 bridgehead atoms. The Morgan fingerprint density at radius 3 is 2.67 bits per heavy atom. The molecule has 21 heavy (non-hydrogen) atoms. The Balaban J connectivity index is 2.43. The smallest absolute Gasteiger partial charge is 0.339 e. The first-order valence-electron chi connectivity index (χ1n) is 6.64. The molecule has 0 radical (unpaired) electrons. The molecule has 1 aromatic heterocycles. The van der Waals surface area contributed by atoms with Crippen LogP contribution in [0.15, 0.2) is 24.4 Å². The van der Waals surface area contributed by atoms with Gasteiger partial charge in [0.05, 0.1) is 0 Å². The molecule has 112 valence electrons. The maximum Gasteiger partial charge on any atom is 0.339 e. The van der Waals surface area contributed by atoms with Gasteiger partial charge >= 0.3 is 5.97 Å². The Morgan fingerprint density at radius 2 is 2.10 bits per heavy atom. The van der Waals surface area contributed by atoms with Crippen molar-refractivity contribution in [1.82, 2.24) is 9.78 Å². The molecule has 1 heterocycles. The van der Waals surface area contributed by atoms with Crippen LogP contribution in [0.4, 0.5) is 8.78 Å². The summed E-state index contributed by atoms with van der Waals surface area (Å²) in [6.07, 6.45) is 2.20. The molecule has 6 heteroatoms. The predicted octanol–water partition coefficient (Wildman–Crippen LogP) is 3.57. The molecular weight excluding hydrogens is 278 g/mol. The fraction of sp³-hybridized carbons (Fsp3) is 0.333. The summed E-state index contributed by atoms with van der Waals surface area (Å²) >= 11 is 0. The highest BCUT2D eigenvalue weighted by molar-refractivity contribution is 5.94. The second kappa shape index (κ2) is 6.03. The van der Waals surface area contributed by atoms with E-state index in [0.717, 1.165) is 12.5 Å². The van der Waals surface area contributed by atoms with E-state index in [1.54, 1.807) is 0 Å². The summed E-state index contributed by atoms with van der Waals surface area (Å²) in [5.74, 6) is -2.29. The third kappa shape index (κ3) is 3.45. The Kier molecular flexibility index (Phi) is 4.35. The van der Waals surface area contributed by atoms with Crippen molar-refractivity contribution in [3.63, 3.8) is 0 Å². The first kappa shape index (κ1) is 15.2. The second-order valence-electron chi connectivity index (χ2n) is 5.27. The van der Waals surface area contributed by atoms with E-state index in [1.807, 2.05) is 13.8 Å². The molecule has 0 saturated carbocycles. The molecule has 4 nitrogen and oxygen atoms in total. The van der Waals surface area contributed by atoms with E-state index in [9.17, 15) is 18.7 Å². The first-order chi connectivity index (χ1) is 9.88. The highest BCUT2D eigenvalue weighted by Crippen LogP contribution is 2.26. The zero-order valence-electron chi connectivity index (χ0n) is 11.8. The fourth-order valence-electron chi connectivity index (χ4n) is 1.96. The number of nitrogens with zero attached hydrogens (tertiary/aromatic N) is 2. The average molecular weight is 294 g/mol. The van der Waals surface area contributed by atoms with Gasteiger partial charge in [-0.3, -0.25) is 4.68 Å². The number of aromatic nitrogens is 2. The maximum absolute atomic E-state index is 13.8. The van der Waals surface area contributed by atoms with Gasteiger partial charge in [-0.2, -0.15) is 5.10 Å². The van der Waals surface area contributed by atoms with Crippen LogP contribution in [0.25, 0.3) is 11.3 Å². The molecule has 0 amide bonds. The Hall–Kier alpha value is -2.24. The van der Waals surface area contributed by atoms with Crippen LogP contribution in [0, 0.1) is 17.6 Å². The average Bonchev–Trinajstić information content (AvgIpc) is 2.80. The third-order valence-electron chi connectivity index (χ3n) is 3.11. The molecule has 0 aliphatic rings. The summed E-state index contributed by atoms with van der Waals surface area (Å²) in [5.41, 5.74) is -0.0925. The minimum absolute atomic E-state index is 0.0166. The number of hydrogen-bond donors (Lipinski definition) is 1. The van der Waals surface area contributed by atoms with Crippen LogP contribution in [0.5, 0.6) is 0 Å². The lowest BCUT2D eigenvalue weighted by molar-refractivity contribution is 0.0697. The lowest BCUT2D eigenvalue weighted by Crippen LogP contribution is -2.02. The topological polar surface area (TPSA) is 55.1 Å². The van der Waals surface area contributed by atoms with E-state index in [0.29, 0.717) is 18.5 Å². The molecule has 1 N–H and O–H groups in total. The summed E-state index contributed by atoms with van der Waals surface area (Å²) in [6, 6.07) is 3.00. The van der Waals surface area contributed by atoms with Gasteiger partial charge in [-0.05, 0) is 24.5 Å². The van der Waals surface area contributed by atoms with Gasteiger partial charge < -0.3 is 5.11 Å². The monoisotopic (exact) mass is 294 g/mol. The van der Waals surface area contributed by atoms with E-state index in [1.165, 1.54) is 16.9 Å². The van der Waals surface area contributed by atoms with Gasteiger partial charge in [-0.1, -0.05) is 13.8 Å². The number of carboxylic acid groups (broad SMARTS) is 1. The molecule has 0 spiro atoms. The van der Waals surface area contributed by atoms with E-state index in [2.05, 4.69) is 5.10 Å². The molecule has 0 unspecified atom stereocenters. The summed E-state index contributed by atoms with van der Waals surface area (Å²) in [6.45, 7) is 4.63. The zero-order valence-corrected chi connectivity index (χ0v) is 11.8. The van der Waals surface area contributed by atoms with Crippen molar-refractivity contribution in [2.75, 3.05) is 0 Å². The van der Waals surface area contributed by atoms with Crippen molar-refractivity contribution in [2.45, 2.75) is 26.8 Å². The van der Waals surface area contributed by atoms with E-state index >= 15 is 0 Å². The molecule has 1 aromatic carbocycles. The van der Waals surface area contributed by atoms with Crippen molar-refractivity contribution in [2.24, 2.45) is 5.92 Å². The third-order valence-corrected chi connectivity index (χ3v) is 3.11. The van der Waals surface area contributed by atoms with Crippen LogP contribution in [0.3, 0.4) is 0 Å². The number of carboxylic acids is 1. The number of aryl methyl sites for hydroxylation is 1. The SMILES string of the molecule is CC(C)CCn1cc(C(=O)O)c(-c2ccc(F)cc2F)n1. The minimum Gasteiger partial charge on any atom is -0.478 e. The lowest BCUT2D eigenvalue weighted by atomic mass is 10.1. The van der Waals surface area contributed by atoms with Crippen molar-refractivity contribution >= 4 is 5.97 Å². The molecule has 0 fully saturated rings. The number of halogens is 2. The van der Waals surface area contributed by atoms with Crippen LogP contribution in [0.1, 0.15) is 30.6 Å². The summed E-state index contributed by atoms with van der Waals surface area (Å²) in [4.78, 5) is 11.3. The van der Waals surface area contributed by atoms with Crippen LogP contribution < -0.4 is 0 Å². The molecule has 0 atom stereocenters. The largest absolute Gasteiger partial charge is 0.478 e. The highest BCUT2D eigenvalue weighted by Gasteiger charge is 2.20. The number of aromatic carboxylic acids is 1. The van der Waals surface area contributed by atoms with E-state index in [-0.39, 0.29) is 16.8 Å². The quantitative estimate of drug-likeness (QED) is 0.917. The van der Waals surface area contributed by atoms with E-state index in [4.69, 9.17) is 0 Å². The highest BCUT2D eigenvalue weighted by atomic mass is 19.1. The maximum atomic E-state index is 13.8. The standard InChI is InChI=1S/C15H16F2N2O2/c1-9(2)5-6-19-8-12(15(20)21)14(18-19)11-4-3-10(16)7-13(11)17/h3-4,7-9H,5-6H2,1-2H3,(H,20,21). The zero-order chi connectivity index (χ0) is 15.6. The van der Waals surface area contributed by atoms with Gasteiger partial charge in [0.25, 0.3) is 0 Å². The predicted molar refractivity (Wildman–Crippen MR) is 74.0 cm³/mol. The van der Waals surface area contributed by atoms with Crippen molar-refractivity contribution in [1.29, 1.82) is 0 Å². The van der Waals surface area contributed by atoms with Gasteiger partial charge in [0.15, 0.2) is 0 Å². The van der Waals surface area contributed by atoms with Crippen LogP contribution in [-0.2, 0) is 6.54 Å². The van der Waals surface area contributed by atoms with E-state index < -0.39 is 17.6 Å². The van der Waals surface area contributed by atoms with Crippen molar-refractivity contribution in [3.8, 4) is 11.3 Å². The number of rotatable bonds is 5. The first-order valence-corrected chi connectivity index (χ1v) is 6.64. The Morgan fingerprint density at radius 1 is 1.38 bits per heavy atom. The second-order valence-corrected chi connectivity index (χ2v) is 5.27. The summed E-state index contributed by atoms with van der Waals surface area (Å²) < 4.78 is 28.3. The molecule has 2 aromatic rings. The van der Waals surface area contributed by atoms with Gasteiger partial charge in [0.2, 0.25) is 0 Å². The van der Waals surface area contributed by atoms with Gasteiger partial charge in [-0.25, -0.2) is 13.6 Å². The lowest BCUT2D eigenvalue weighted by Gasteiger charge is -2.04. The van der Waals surface area contributed by atoms with Gasteiger partial charge in [0.1, 0.15) is 22.9 Å². The minimum atomic E-state index is -1.19. The number of hydrogen-bond acceptors (Lipinski definition) is 2. The Labute approximate surface area is 121 Å². The van der Waals surface area contributed by atoms with Gasteiger partial charge in [-0.15, -0.1) is 0 Å². The number of benzene rings is 1.